The molecule has 65 heavy (non-hydrogen) atoms. The van der Waals surface area contributed by atoms with Gasteiger partial charge in [0, 0.05) is 39.1 Å². The van der Waals surface area contributed by atoms with Crippen molar-refractivity contribution in [3.05, 3.63) is 0 Å². The fourth-order valence-corrected chi connectivity index (χ4v) is 3.86. The number of imide groups is 2. The van der Waals surface area contributed by atoms with Crippen LogP contribution in [0.15, 0.2) is 0 Å². The van der Waals surface area contributed by atoms with E-state index in [2.05, 4.69) is 33.7 Å². The van der Waals surface area contributed by atoms with Crippen LogP contribution in [0, 0.1) is 37.0 Å². The monoisotopic (exact) mass is 1010 g/mol. The molecule has 378 valence electrons. The number of alkyl halides is 7. The van der Waals surface area contributed by atoms with E-state index in [-0.39, 0.29) is 57.0 Å². The highest BCUT2D eigenvalue weighted by Crippen LogP contribution is 2.26. The van der Waals surface area contributed by atoms with Crippen LogP contribution < -0.4 is 5.73 Å². The molecule has 4 amide bonds. The van der Waals surface area contributed by atoms with Gasteiger partial charge in [-0.3, -0.25) is 0 Å². The Bertz CT molecular complexity index is 1450. The predicted octanol–water partition coefficient (Wildman–Crippen LogP) is 9.82. The van der Waals surface area contributed by atoms with Crippen molar-refractivity contribution in [2.75, 3.05) is 58.0 Å². The lowest BCUT2D eigenvalue weighted by Gasteiger charge is -2.30. The summed E-state index contributed by atoms with van der Waals surface area (Å²) in [5, 5.41) is 9.32. The predicted molar refractivity (Wildman–Crippen MR) is 239 cm³/mol. The molecule has 3 N–H and O–H groups in total. The minimum Gasteiger partial charge on any atom is -0.443 e. The molecular weight excluding hydrogens is 940 g/mol. The van der Waals surface area contributed by atoms with Crippen LogP contribution in [0.5, 0.6) is 0 Å². The molecule has 0 aliphatic carbocycles. The number of hydrogen-bond acceptors (Lipinski definition) is 12. The Morgan fingerprint density at radius 3 is 1.02 bits per heavy atom. The molecule has 0 aromatic rings. The van der Waals surface area contributed by atoms with Gasteiger partial charge in [-0.05, 0) is 102 Å². The van der Waals surface area contributed by atoms with Crippen LogP contribution in [-0.4, -0.2) is 137 Å². The molecule has 0 aliphatic heterocycles. The first-order valence-electron chi connectivity index (χ1n) is 20.3. The first kappa shape index (κ1) is 67.6. The first-order valence-corrected chi connectivity index (χ1v) is 21.4. The second kappa shape index (κ2) is 32.7. The molecule has 0 fully saturated rings. The summed E-state index contributed by atoms with van der Waals surface area (Å²) < 4.78 is 111. The number of halogens is 7. The van der Waals surface area contributed by atoms with Gasteiger partial charge in [0.15, 0.2) is 0 Å². The molecule has 0 unspecified atom stereocenters. The van der Waals surface area contributed by atoms with Crippen LogP contribution in [0.25, 0.3) is 0 Å². The zero-order valence-electron chi connectivity index (χ0n) is 40.0. The Hall–Kier alpha value is -3.94. The summed E-state index contributed by atoms with van der Waals surface area (Å²) in [5.41, 5.74) is 1.03. The van der Waals surface area contributed by atoms with Gasteiger partial charge in [-0.25, -0.2) is 55.3 Å². The number of amides is 4. The van der Waals surface area contributed by atoms with E-state index in [1.165, 1.54) is 0 Å². The van der Waals surface area contributed by atoms with Crippen molar-refractivity contribution in [3.8, 4) is 37.0 Å². The lowest BCUT2D eigenvalue weighted by atomic mass is 10.1. The standard InChI is InChI=1S/C18H29F2NO5.C15H27F2NO5.C8H13F2NO.C3H3Br/c1-8-11-24-12-9-10-18(19,20)13-21(14(22)25-16(2,3)4)15(23)26-17(5,6)7;1-13(2,3)22-11(20)18(12(21)23-14(4,5)6)10-15(16,17)8-7-9-19;1-2-5-12-6-3-4-8(9,10)7-11;1-2-3-4/h1H,9-13H2,2-7H3;19H,7-10H2,1-6H3;1H,3-7,11H2;1H,3H2. The molecule has 0 saturated heterocycles. The van der Waals surface area contributed by atoms with Gasteiger partial charge in [0.05, 0.1) is 25.0 Å². The normalized spacial score (nSPS) is 11.8. The summed E-state index contributed by atoms with van der Waals surface area (Å²) in [6.45, 7) is 16.0. The summed E-state index contributed by atoms with van der Waals surface area (Å²) in [5.74, 6) is -2.62. The van der Waals surface area contributed by atoms with Crippen LogP contribution in [-0.2, 0) is 28.4 Å². The van der Waals surface area contributed by atoms with Gasteiger partial charge in [-0.15, -0.1) is 19.3 Å². The Labute approximate surface area is 390 Å². The van der Waals surface area contributed by atoms with Gasteiger partial charge in [-0.1, -0.05) is 33.7 Å². The molecule has 0 saturated carbocycles. The highest BCUT2D eigenvalue weighted by molar-refractivity contribution is 9.09. The van der Waals surface area contributed by atoms with Crippen LogP contribution in [0.4, 0.5) is 45.5 Å². The number of aliphatic hydroxyl groups excluding tert-OH is 1. The molecule has 0 aromatic heterocycles. The van der Waals surface area contributed by atoms with Gasteiger partial charge in [-0.2, -0.15) is 0 Å². The average molecular weight is 1010 g/mol. The van der Waals surface area contributed by atoms with E-state index in [0.717, 1.165) is 0 Å². The fourth-order valence-electron chi connectivity index (χ4n) is 3.86. The number of terminal acetylenes is 3. The van der Waals surface area contributed by atoms with Crippen LogP contribution in [0.3, 0.4) is 0 Å². The van der Waals surface area contributed by atoms with Gasteiger partial charge in [0.2, 0.25) is 0 Å². The topological polar surface area (TPSA) is 176 Å². The molecule has 0 aliphatic rings. The molecule has 0 heterocycles. The van der Waals surface area contributed by atoms with E-state index in [0.29, 0.717) is 10.2 Å². The molecule has 14 nitrogen and oxygen atoms in total. The Kier molecular flexibility index (Phi) is 34.0. The first-order chi connectivity index (χ1) is 29.4. The summed E-state index contributed by atoms with van der Waals surface area (Å²) in [4.78, 5) is 49.1. The number of aliphatic hydroxyl groups is 1. The maximum atomic E-state index is 14.2. The van der Waals surface area contributed by atoms with E-state index < -0.39 is 104 Å². The lowest BCUT2D eigenvalue weighted by molar-refractivity contribution is -0.0570. The zero-order valence-corrected chi connectivity index (χ0v) is 41.6. The highest BCUT2D eigenvalue weighted by Gasteiger charge is 2.41. The highest BCUT2D eigenvalue weighted by atomic mass is 79.9. The average Bonchev–Trinajstić information content (AvgIpc) is 3.13. The maximum Gasteiger partial charge on any atom is 0.420 e. The van der Waals surface area contributed by atoms with Crippen molar-refractivity contribution in [2.24, 2.45) is 5.73 Å². The Morgan fingerprint density at radius 1 is 0.538 bits per heavy atom. The zero-order chi connectivity index (χ0) is 51.9. The molecule has 0 atom stereocenters. The summed E-state index contributed by atoms with van der Waals surface area (Å²) in [6, 6.07) is 0. The number of ether oxygens (including phenoxy) is 6. The second-order valence-electron chi connectivity index (χ2n) is 17.8. The molecule has 0 radical (unpaired) electrons. The van der Waals surface area contributed by atoms with Crippen molar-refractivity contribution in [2.45, 2.75) is 162 Å². The third-order valence-corrected chi connectivity index (χ3v) is 6.67. The van der Waals surface area contributed by atoms with Crippen LogP contribution in [0.1, 0.15) is 122 Å². The van der Waals surface area contributed by atoms with Gasteiger partial charge < -0.3 is 39.3 Å². The summed E-state index contributed by atoms with van der Waals surface area (Å²) in [6.07, 6.45) is 8.51. The molecular formula is C44H72BrF6N3O11. The van der Waals surface area contributed by atoms with E-state index in [1.807, 2.05) is 0 Å². The molecule has 0 rings (SSSR count). The third kappa shape index (κ3) is 45.0. The fraction of sp³-hybridized carbons (Fsp3) is 0.773. The van der Waals surface area contributed by atoms with E-state index in [1.54, 1.807) is 83.1 Å². The van der Waals surface area contributed by atoms with E-state index in [9.17, 15) is 45.5 Å². The van der Waals surface area contributed by atoms with Crippen molar-refractivity contribution in [3.63, 3.8) is 0 Å². The number of nitrogens with two attached hydrogens (primary N) is 1. The van der Waals surface area contributed by atoms with Crippen molar-refractivity contribution >= 4 is 40.3 Å². The summed E-state index contributed by atoms with van der Waals surface area (Å²) in [7, 11) is 0. The van der Waals surface area contributed by atoms with E-state index >= 15 is 0 Å². The van der Waals surface area contributed by atoms with E-state index in [4.69, 9.17) is 58.5 Å². The number of carbonyl (C=O) groups is 4. The number of carbonyl (C=O) groups excluding carboxylic acids is 4. The SMILES string of the molecule is C#CCBr.C#CCOCCCC(F)(F)CN.C#CCOCCCC(F)(F)CN(C(=O)OC(C)(C)C)C(=O)OC(C)(C)C.CC(C)(C)OC(=O)N(CC(F)(F)CCCO)C(=O)OC(C)(C)C. The van der Waals surface area contributed by atoms with Crippen molar-refractivity contribution in [1.82, 2.24) is 9.80 Å². The summed E-state index contributed by atoms with van der Waals surface area (Å²) >= 11 is 3.01. The van der Waals surface area contributed by atoms with Crippen molar-refractivity contribution < 1.29 is 79.0 Å². The van der Waals surface area contributed by atoms with Crippen LogP contribution in [0.2, 0.25) is 0 Å². The smallest absolute Gasteiger partial charge is 0.420 e. The van der Waals surface area contributed by atoms with Gasteiger partial charge >= 0.3 is 24.4 Å². The minimum absolute atomic E-state index is 0.0190. The number of nitrogens with zero attached hydrogens (tertiary/aromatic N) is 2. The molecule has 21 heteroatoms. The largest absolute Gasteiger partial charge is 0.443 e. The minimum atomic E-state index is -3.35. The lowest BCUT2D eigenvalue weighted by Crippen LogP contribution is -2.48. The number of rotatable bonds is 18. The quantitative estimate of drug-likeness (QED) is 0.0438. The van der Waals surface area contributed by atoms with Gasteiger partial charge in [0.1, 0.15) is 35.6 Å². The van der Waals surface area contributed by atoms with Crippen molar-refractivity contribution in [1.29, 1.82) is 0 Å². The maximum absolute atomic E-state index is 14.2. The number of hydrogen-bond donors (Lipinski definition) is 2. The molecule has 0 aromatic carbocycles. The molecule has 0 spiro atoms. The Morgan fingerprint density at radius 2 is 0.800 bits per heavy atom. The van der Waals surface area contributed by atoms with Crippen LogP contribution >= 0.6 is 15.9 Å². The third-order valence-electron chi connectivity index (χ3n) is 6.34. The van der Waals surface area contributed by atoms with Gasteiger partial charge in [0.25, 0.3) is 17.8 Å². The molecule has 0 bridgehead atoms. The second-order valence-corrected chi connectivity index (χ2v) is 18.3. The Balaban J connectivity index is -0.000000434.